The number of hydrogen-bond donors (Lipinski definition) is 2. The number of imidazole rings is 1. The highest BCUT2D eigenvalue weighted by Crippen LogP contribution is 2.27. The summed E-state index contributed by atoms with van der Waals surface area (Å²) < 4.78 is 2.01. The molecule has 2 amide bonds. The van der Waals surface area contributed by atoms with Crippen LogP contribution in [0.5, 0.6) is 0 Å². The highest BCUT2D eigenvalue weighted by atomic mass is 16.2. The van der Waals surface area contributed by atoms with Gasteiger partial charge in [0.2, 0.25) is 0 Å². The molecule has 0 spiro atoms. The average molecular weight is 249 g/mol. The van der Waals surface area contributed by atoms with Crippen LogP contribution in [0, 0.1) is 5.41 Å². The Labute approximate surface area is 107 Å². The van der Waals surface area contributed by atoms with Gasteiger partial charge in [-0.25, -0.2) is 9.78 Å². The fourth-order valence-corrected chi connectivity index (χ4v) is 2.31. The fourth-order valence-electron chi connectivity index (χ4n) is 2.31. The number of rotatable bonds is 4. The Morgan fingerprint density at radius 2 is 2.28 bits per heavy atom. The highest BCUT2D eigenvalue weighted by molar-refractivity contribution is 6.05. The average Bonchev–Trinajstić information content (AvgIpc) is 2.83. The van der Waals surface area contributed by atoms with Crippen LogP contribution in [-0.2, 0) is 6.54 Å². The van der Waals surface area contributed by atoms with Crippen molar-refractivity contribution < 1.29 is 4.79 Å². The third-order valence-electron chi connectivity index (χ3n) is 3.07. The Kier molecular flexibility index (Phi) is 3.36. The van der Waals surface area contributed by atoms with E-state index in [9.17, 15) is 4.79 Å². The van der Waals surface area contributed by atoms with E-state index in [1.807, 2.05) is 18.4 Å². The predicted octanol–water partition coefficient (Wildman–Crippen LogP) is 1.75. The summed E-state index contributed by atoms with van der Waals surface area (Å²) in [5.74, 6) is 0.228. The van der Waals surface area contributed by atoms with Gasteiger partial charge in [-0.05, 0) is 20.3 Å². The smallest absolute Gasteiger partial charge is 0.323 e. The van der Waals surface area contributed by atoms with E-state index in [1.165, 1.54) is 0 Å². The zero-order valence-electron chi connectivity index (χ0n) is 11.0. The lowest BCUT2D eigenvalue weighted by atomic mass is 10.1. The SMILES string of the molecule is CCCn1cncc1C1C(=N)NC(=O)N1C(C)C. The molecule has 1 aliphatic heterocycles. The molecule has 6 nitrogen and oxygen atoms in total. The van der Waals surface area contributed by atoms with E-state index < -0.39 is 0 Å². The number of nitrogens with zero attached hydrogens (tertiary/aromatic N) is 3. The Hall–Kier alpha value is -1.85. The minimum absolute atomic E-state index is 0.0443. The van der Waals surface area contributed by atoms with E-state index >= 15 is 0 Å². The summed E-state index contributed by atoms with van der Waals surface area (Å²) >= 11 is 0. The predicted molar refractivity (Wildman–Crippen MR) is 68.5 cm³/mol. The molecule has 6 heteroatoms. The molecule has 98 valence electrons. The van der Waals surface area contributed by atoms with Crippen molar-refractivity contribution in [1.29, 1.82) is 5.41 Å². The van der Waals surface area contributed by atoms with Crippen LogP contribution in [-0.4, -0.2) is 32.4 Å². The molecular weight excluding hydrogens is 230 g/mol. The van der Waals surface area contributed by atoms with Gasteiger partial charge >= 0.3 is 6.03 Å². The van der Waals surface area contributed by atoms with Crippen LogP contribution in [0.3, 0.4) is 0 Å². The van der Waals surface area contributed by atoms with Crippen LogP contribution < -0.4 is 5.32 Å². The number of carbonyl (C=O) groups is 1. The zero-order chi connectivity index (χ0) is 13.3. The van der Waals surface area contributed by atoms with Gasteiger partial charge < -0.3 is 9.47 Å². The number of urea groups is 1. The minimum Gasteiger partial charge on any atom is -0.332 e. The number of hydrogen-bond acceptors (Lipinski definition) is 3. The number of aromatic nitrogens is 2. The van der Waals surface area contributed by atoms with Crippen LogP contribution in [0.25, 0.3) is 0 Å². The molecule has 0 radical (unpaired) electrons. The van der Waals surface area contributed by atoms with Crippen LogP contribution in [0.15, 0.2) is 12.5 Å². The molecule has 1 aromatic rings. The van der Waals surface area contributed by atoms with Gasteiger partial charge in [-0.3, -0.25) is 10.7 Å². The molecule has 1 aromatic heterocycles. The molecule has 1 saturated heterocycles. The molecule has 0 saturated carbocycles. The normalized spacial score (nSPS) is 19.8. The molecule has 18 heavy (non-hydrogen) atoms. The largest absolute Gasteiger partial charge is 0.332 e. The summed E-state index contributed by atoms with van der Waals surface area (Å²) in [7, 11) is 0. The summed E-state index contributed by atoms with van der Waals surface area (Å²) in [5.41, 5.74) is 0.897. The van der Waals surface area contributed by atoms with Gasteiger partial charge in [0, 0.05) is 12.6 Å². The Morgan fingerprint density at radius 3 is 2.89 bits per heavy atom. The van der Waals surface area contributed by atoms with Gasteiger partial charge in [0.05, 0.1) is 18.2 Å². The summed E-state index contributed by atoms with van der Waals surface area (Å²) in [4.78, 5) is 17.7. The van der Waals surface area contributed by atoms with Gasteiger partial charge in [0.15, 0.2) is 0 Å². The second-order valence-electron chi connectivity index (χ2n) is 4.76. The maximum absolute atomic E-state index is 11.8. The molecule has 2 heterocycles. The minimum atomic E-state index is -0.341. The Morgan fingerprint density at radius 1 is 1.56 bits per heavy atom. The van der Waals surface area contributed by atoms with Gasteiger partial charge in [0.25, 0.3) is 0 Å². The van der Waals surface area contributed by atoms with Crippen LogP contribution >= 0.6 is 0 Å². The Bertz CT molecular complexity index is 465. The van der Waals surface area contributed by atoms with E-state index in [0.29, 0.717) is 0 Å². The van der Waals surface area contributed by atoms with E-state index in [2.05, 4.69) is 17.2 Å². The van der Waals surface area contributed by atoms with E-state index in [1.54, 1.807) is 17.4 Å². The third-order valence-corrected chi connectivity index (χ3v) is 3.07. The summed E-state index contributed by atoms with van der Waals surface area (Å²) in [5, 5.41) is 10.5. The lowest BCUT2D eigenvalue weighted by molar-refractivity contribution is 0.188. The fraction of sp³-hybridized carbons (Fsp3) is 0.583. The Balaban J connectivity index is 2.37. The molecule has 1 atom stereocenters. The third kappa shape index (κ3) is 1.98. The number of nitrogens with one attached hydrogen (secondary N) is 2. The zero-order valence-corrected chi connectivity index (χ0v) is 11.0. The van der Waals surface area contributed by atoms with Gasteiger partial charge in [0.1, 0.15) is 11.9 Å². The number of aryl methyl sites for hydroxylation is 1. The van der Waals surface area contributed by atoms with E-state index in [4.69, 9.17) is 5.41 Å². The molecule has 2 rings (SSSR count). The second-order valence-corrected chi connectivity index (χ2v) is 4.76. The van der Waals surface area contributed by atoms with Crippen molar-refractivity contribution in [1.82, 2.24) is 19.8 Å². The molecule has 1 unspecified atom stereocenters. The molecule has 1 fully saturated rings. The van der Waals surface area contributed by atoms with E-state index in [-0.39, 0.29) is 24.0 Å². The van der Waals surface area contributed by atoms with Crippen molar-refractivity contribution in [3.05, 3.63) is 18.2 Å². The van der Waals surface area contributed by atoms with E-state index in [0.717, 1.165) is 18.7 Å². The summed E-state index contributed by atoms with van der Waals surface area (Å²) in [6.07, 6.45) is 4.49. The maximum atomic E-state index is 11.8. The first-order chi connectivity index (χ1) is 8.56. The van der Waals surface area contributed by atoms with Crippen LogP contribution in [0.2, 0.25) is 0 Å². The molecule has 0 aromatic carbocycles. The number of amides is 2. The summed E-state index contributed by atoms with van der Waals surface area (Å²) in [6.45, 7) is 6.84. The van der Waals surface area contributed by atoms with Crippen molar-refractivity contribution in [3.63, 3.8) is 0 Å². The van der Waals surface area contributed by atoms with Crippen LogP contribution in [0.1, 0.15) is 38.9 Å². The lowest BCUT2D eigenvalue weighted by Crippen LogP contribution is -2.36. The number of carbonyl (C=O) groups excluding carboxylic acids is 1. The summed E-state index contributed by atoms with van der Waals surface area (Å²) in [6, 6.07) is -0.501. The maximum Gasteiger partial charge on any atom is 0.323 e. The quantitative estimate of drug-likeness (QED) is 0.853. The van der Waals surface area contributed by atoms with Crippen LogP contribution in [0.4, 0.5) is 4.79 Å². The van der Waals surface area contributed by atoms with Gasteiger partial charge in [-0.2, -0.15) is 0 Å². The lowest BCUT2D eigenvalue weighted by Gasteiger charge is -2.26. The van der Waals surface area contributed by atoms with Crippen molar-refractivity contribution in [2.24, 2.45) is 0 Å². The highest BCUT2D eigenvalue weighted by Gasteiger charge is 2.39. The number of amidine groups is 1. The topological polar surface area (TPSA) is 74.0 Å². The second kappa shape index (κ2) is 4.80. The molecule has 0 aliphatic carbocycles. The first-order valence-corrected chi connectivity index (χ1v) is 6.24. The van der Waals surface area contributed by atoms with Crippen molar-refractivity contribution in [2.75, 3.05) is 0 Å². The molecule has 0 bridgehead atoms. The van der Waals surface area contributed by atoms with Crippen molar-refractivity contribution >= 4 is 11.9 Å². The standard InChI is InChI=1S/C12H19N5O/c1-4-5-16-7-14-6-9(16)10-11(13)15-12(18)17(10)8(2)3/h6-8,10H,4-5H2,1-3H3,(H2,13,15,18). The van der Waals surface area contributed by atoms with Crippen molar-refractivity contribution in [2.45, 2.75) is 45.8 Å². The monoisotopic (exact) mass is 249 g/mol. The van der Waals surface area contributed by atoms with Gasteiger partial charge in [-0.15, -0.1) is 0 Å². The van der Waals surface area contributed by atoms with Crippen molar-refractivity contribution in [3.8, 4) is 0 Å². The molecule has 2 N–H and O–H groups in total. The van der Waals surface area contributed by atoms with Gasteiger partial charge in [-0.1, -0.05) is 6.92 Å². The first kappa shape index (κ1) is 12.6. The molecule has 1 aliphatic rings. The molecular formula is C12H19N5O. The first-order valence-electron chi connectivity index (χ1n) is 6.24.